The normalized spacial score (nSPS) is 10.4. The third kappa shape index (κ3) is 3.73. The fraction of sp³-hybridized carbons (Fsp3) is 0.188. The number of benzene rings is 2. The average molecular weight is 308 g/mol. The van der Waals surface area contributed by atoms with Crippen LogP contribution in [0.15, 0.2) is 36.4 Å². The van der Waals surface area contributed by atoms with Crippen molar-refractivity contribution in [3.05, 3.63) is 58.4 Å². The number of anilines is 2. The van der Waals surface area contributed by atoms with E-state index in [1.54, 1.807) is 12.1 Å². The molecule has 0 aromatic heterocycles. The van der Waals surface area contributed by atoms with Gasteiger partial charge in [0.2, 0.25) is 0 Å². The summed E-state index contributed by atoms with van der Waals surface area (Å²) < 4.78 is 13.8. The molecule has 0 radical (unpaired) electrons. The van der Waals surface area contributed by atoms with Crippen molar-refractivity contribution in [1.29, 1.82) is 0 Å². The molecule has 2 aromatic rings. The number of hydrogen-bond acceptors (Lipinski definition) is 2. The molecule has 0 bridgehead atoms. The van der Waals surface area contributed by atoms with Gasteiger partial charge in [0, 0.05) is 5.69 Å². The molecule has 0 heterocycles. The molecule has 2 rings (SSSR count). The van der Waals surface area contributed by atoms with Crippen LogP contribution < -0.4 is 5.32 Å². The molecule has 0 aliphatic heterocycles. The lowest BCUT2D eigenvalue weighted by molar-refractivity contribution is -0.136. The standard InChI is InChI=1S/C16H15ClFNO2/c1-2-10-6-7-14(11(8-10)9-15(20)21)19-16-12(17)4-3-5-13(16)18/h3-8,19H,2,9H2,1H3,(H,20,21). The molecule has 2 N–H and O–H groups in total. The number of hydrogen-bond donors (Lipinski definition) is 2. The first-order valence-electron chi connectivity index (χ1n) is 6.56. The molecule has 0 aliphatic carbocycles. The van der Waals surface area contributed by atoms with Crippen LogP contribution in [0.1, 0.15) is 18.1 Å². The summed E-state index contributed by atoms with van der Waals surface area (Å²) in [5.74, 6) is -1.42. The maximum Gasteiger partial charge on any atom is 0.307 e. The zero-order chi connectivity index (χ0) is 15.4. The number of nitrogens with one attached hydrogen (secondary N) is 1. The van der Waals surface area contributed by atoms with E-state index in [1.165, 1.54) is 12.1 Å². The minimum Gasteiger partial charge on any atom is -0.481 e. The quantitative estimate of drug-likeness (QED) is 0.860. The van der Waals surface area contributed by atoms with E-state index >= 15 is 0 Å². The van der Waals surface area contributed by atoms with E-state index in [0.717, 1.165) is 12.0 Å². The Morgan fingerprint density at radius 2 is 2.10 bits per heavy atom. The lowest BCUT2D eigenvalue weighted by atomic mass is 10.0. The fourth-order valence-electron chi connectivity index (χ4n) is 2.05. The van der Waals surface area contributed by atoms with Crippen molar-refractivity contribution in [2.45, 2.75) is 19.8 Å². The third-order valence-corrected chi connectivity index (χ3v) is 3.46. The number of aliphatic carboxylic acids is 1. The van der Waals surface area contributed by atoms with E-state index in [2.05, 4.69) is 5.32 Å². The summed E-state index contributed by atoms with van der Waals surface area (Å²) >= 11 is 5.98. The van der Waals surface area contributed by atoms with Crippen LogP contribution in [0.3, 0.4) is 0 Å². The molecule has 0 saturated carbocycles. The fourth-order valence-corrected chi connectivity index (χ4v) is 2.26. The van der Waals surface area contributed by atoms with Gasteiger partial charge in [-0.1, -0.05) is 36.7 Å². The largest absolute Gasteiger partial charge is 0.481 e. The van der Waals surface area contributed by atoms with Gasteiger partial charge in [0.15, 0.2) is 0 Å². The molecule has 21 heavy (non-hydrogen) atoms. The van der Waals surface area contributed by atoms with Crippen molar-refractivity contribution in [2.75, 3.05) is 5.32 Å². The lowest BCUT2D eigenvalue weighted by Gasteiger charge is -2.14. The Morgan fingerprint density at radius 1 is 1.33 bits per heavy atom. The van der Waals surface area contributed by atoms with Gasteiger partial charge in [-0.3, -0.25) is 4.79 Å². The predicted molar refractivity (Wildman–Crippen MR) is 81.9 cm³/mol. The summed E-state index contributed by atoms with van der Waals surface area (Å²) in [7, 11) is 0. The molecule has 0 saturated heterocycles. The highest BCUT2D eigenvalue weighted by atomic mass is 35.5. The number of carboxylic acid groups (broad SMARTS) is 1. The van der Waals surface area contributed by atoms with Crippen molar-refractivity contribution in [3.8, 4) is 0 Å². The van der Waals surface area contributed by atoms with Crippen LogP contribution >= 0.6 is 11.6 Å². The predicted octanol–water partition coefficient (Wildman–Crippen LogP) is 4.41. The van der Waals surface area contributed by atoms with Gasteiger partial charge in [-0.2, -0.15) is 0 Å². The van der Waals surface area contributed by atoms with Crippen LogP contribution in [0.4, 0.5) is 15.8 Å². The molecule has 0 fully saturated rings. The zero-order valence-corrected chi connectivity index (χ0v) is 12.2. The van der Waals surface area contributed by atoms with Gasteiger partial charge in [0.05, 0.1) is 17.1 Å². The number of halogens is 2. The first-order chi connectivity index (χ1) is 10.0. The van der Waals surface area contributed by atoms with Gasteiger partial charge in [0.25, 0.3) is 0 Å². The second-order valence-corrected chi connectivity index (χ2v) is 5.04. The maximum absolute atomic E-state index is 13.8. The minimum atomic E-state index is -0.939. The number of rotatable bonds is 5. The van der Waals surface area contributed by atoms with E-state index in [0.29, 0.717) is 11.3 Å². The highest BCUT2D eigenvalue weighted by Crippen LogP contribution is 2.30. The van der Waals surface area contributed by atoms with Crippen LogP contribution in [-0.4, -0.2) is 11.1 Å². The summed E-state index contributed by atoms with van der Waals surface area (Å²) in [5, 5.41) is 12.1. The average Bonchev–Trinajstić information content (AvgIpc) is 2.43. The van der Waals surface area contributed by atoms with Gasteiger partial charge in [-0.05, 0) is 35.7 Å². The molecule has 5 heteroatoms. The zero-order valence-electron chi connectivity index (χ0n) is 11.5. The van der Waals surface area contributed by atoms with Crippen molar-refractivity contribution in [1.82, 2.24) is 0 Å². The molecule has 2 aromatic carbocycles. The van der Waals surface area contributed by atoms with Crippen LogP contribution in [0, 0.1) is 5.82 Å². The van der Waals surface area contributed by atoms with Crippen LogP contribution in [0.2, 0.25) is 5.02 Å². The summed E-state index contributed by atoms with van der Waals surface area (Å²) in [6.07, 6.45) is 0.662. The van der Waals surface area contributed by atoms with E-state index in [4.69, 9.17) is 16.7 Å². The minimum absolute atomic E-state index is 0.137. The summed E-state index contributed by atoms with van der Waals surface area (Å²) in [6, 6.07) is 9.82. The summed E-state index contributed by atoms with van der Waals surface area (Å²) in [6.45, 7) is 1.99. The number of carboxylic acids is 1. The van der Waals surface area contributed by atoms with Gasteiger partial charge in [0.1, 0.15) is 5.82 Å². The Labute approximate surface area is 127 Å². The number of carbonyl (C=O) groups is 1. The topological polar surface area (TPSA) is 49.3 Å². The molecular weight excluding hydrogens is 293 g/mol. The third-order valence-electron chi connectivity index (χ3n) is 3.14. The highest BCUT2D eigenvalue weighted by molar-refractivity contribution is 6.33. The Balaban J connectivity index is 2.41. The van der Waals surface area contributed by atoms with Crippen molar-refractivity contribution in [3.63, 3.8) is 0 Å². The molecule has 0 unspecified atom stereocenters. The highest BCUT2D eigenvalue weighted by Gasteiger charge is 2.12. The van der Waals surface area contributed by atoms with E-state index in [1.807, 2.05) is 19.1 Å². The van der Waals surface area contributed by atoms with E-state index in [9.17, 15) is 9.18 Å². The van der Waals surface area contributed by atoms with E-state index < -0.39 is 11.8 Å². The SMILES string of the molecule is CCc1ccc(Nc2c(F)cccc2Cl)c(CC(=O)O)c1. The molecule has 110 valence electrons. The van der Waals surface area contributed by atoms with Gasteiger partial charge in [-0.25, -0.2) is 4.39 Å². The molecule has 0 atom stereocenters. The smallest absolute Gasteiger partial charge is 0.307 e. The van der Waals surface area contributed by atoms with Crippen molar-refractivity contribution in [2.24, 2.45) is 0 Å². The lowest BCUT2D eigenvalue weighted by Crippen LogP contribution is -2.05. The maximum atomic E-state index is 13.8. The second kappa shape index (κ2) is 6.59. The first kappa shape index (κ1) is 15.3. The number of aryl methyl sites for hydroxylation is 1. The summed E-state index contributed by atoms with van der Waals surface area (Å²) in [4.78, 5) is 11.0. The number of para-hydroxylation sites is 1. The monoisotopic (exact) mass is 307 g/mol. The molecular formula is C16H15ClFNO2. The summed E-state index contributed by atoms with van der Waals surface area (Å²) in [5.41, 5.74) is 2.31. The van der Waals surface area contributed by atoms with Crippen LogP contribution in [0.25, 0.3) is 0 Å². The molecule has 3 nitrogen and oxygen atoms in total. The van der Waals surface area contributed by atoms with Gasteiger partial charge < -0.3 is 10.4 Å². The first-order valence-corrected chi connectivity index (χ1v) is 6.93. The van der Waals surface area contributed by atoms with Crippen LogP contribution in [-0.2, 0) is 17.6 Å². The molecule has 0 spiro atoms. The molecule has 0 aliphatic rings. The Kier molecular flexibility index (Phi) is 4.81. The van der Waals surface area contributed by atoms with Gasteiger partial charge in [-0.15, -0.1) is 0 Å². The van der Waals surface area contributed by atoms with Crippen molar-refractivity contribution < 1.29 is 14.3 Å². The van der Waals surface area contributed by atoms with Crippen molar-refractivity contribution >= 4 is 28.9 Å². The van der Waals surface area contributed by atoms with E-state index in [-0.39, 0.29) is 17.1 Å². The van der Waals surface area contributed by atoms with Crippen LogP contribution in [0.5, 0.6) is 0 Å². The Morgan fingerprint density at radius 3 is 2.71 bits per heavy atom. The van der Waals surface area contributed by atoms with Gasteiger partial charge >= 0.3 is 5.97 Å². The Bertz CT molecular complexity index is 653. The molecule has 0 amide bonds. The Hall–Kier alpha value is -2.07. The second-order valence-electron chi connectivity index (χ2n) is 4.64.